The SMILES string of the molecule is Cc1cc(Nc2ccc(Cl)c(Cl)c2)c2c(n1)CCC(C(C)C)C2. The molecule has 1 aliphatic rings. The number of nitrogens with one attached hydrogen (secondary N) is 1. The van der Waals surface area contributed by atoms with Crippen molar-refractivity contribution in [2.24, 2.45) is 11.8 Å². The number of anilines is 2. The van der Waals surface area contributed by atoms with Gasteiger partial charge in [0.25, 0.3) is 0 Å². The van der Waals surface area contributed by atoms with Gasteiger partial charge in [-0.05, 0) is 67.9 Å². The summed E-state index contributed by atoms with van der Waals surface area (Å²) in [6, 6.07) is 7.78. The fourth-order valence-electron chi connectivity index (χ4n) is 3.29. The van der Waals surface area contributed by atoms with Crippen molar-refractivity contribution in [3.05, 3.63) is 51.3 Å². The first kappa shape index (κ1) is 16.6. The Morgan fingerprint density at radius 1 is 1.17 bits per heavy atom. The van der Waals surface area contributed by atoms with Crippen LogP contribution >= 0.6 is 23.2 Å². The minimum Gasteiger partial charge on any atom is -0.355 e. The predicted molar refractivity (Wildman–Crippen MR) is 99.1 cm³/mol. The zero-order valence-electron chi connectivity index (χ0n) is 13.8. The van der Waals surface area contributed by atoms with Crippen molar-refractivity contribution < 1.29 is 0 Å². The summed E-state index contributed by atoms with van der Waals surface area (Å²) in [5, 5.41) is 4.66. The Labute approximate surface area is 148 Å². The number of hydrogen-bond donors (Lipinski definition) is 1. The van der Waals surface area contributed by atoms with Crippen molar-refractivity contribution in [3.63, 3.8) is 0 Å². The second-order valence-corrected chi connectivity index (χ2v) is 7.55. The van der Waals surface area contributed by atoms with Gasteiger partial charge in [0.2, 0.25) is 0 Å². The Morgan fingerprint density at radius 3 is 2.65 bits per heavy atom. The number of fused-ring (bicyclic) bond motifs is 1. The average molecular weight is 349 g/mol. The highest BCUT2D eigenvalue weighted by Gasteiger charge is 2.24. The summed E-state index contributed by atoms with van der Waals surface area (Å²) < 4.78 is 0. The lowest BCUT2D eigenvalue weighted by Crippen LogP contribution is -2.21. The van der Waals surface area contributed by atoms with E-state index in [1.54, 1.807) is 0 Å². The molecule has 1 N–H and O–H groups in total. The Bertz CT molecular complexity index is 726. The van der Waals surface area contributed by atoms with Crippen LogP contribution in [0.4, 0.5) is 11.4 Å². The summed E-state index contributed by atoms with van der Waals surface area (Å²) in [5.41, 5.74) is 5.75. The lowest BCUT2D eigenvalue weighted by Gasteiger charge is -2.29. The highest BCUT2D eigenvalue weighted by atomic mass is 35.5. The van der Waals surface area contributed by atoms with Crippen LogP contribution in [-0.4, -0.2) is 4.98 Å². The highest BCUT2D eigenvalue weighted by molar-refractivity contribution is 6.42. The monoisotopic (exact) mass is 348 g/mol. The van der Waals surface area contributed by atoms with Crippen molar-refractivity contribution in [2.45, 2.75) is 40.0 Å². The van der Waals surface area contributed by atoms with Gasteiger partial charge in [-0.2, -0.15) is 0 Å². The van der Waals surface area contributed by atoms with E-state index >= 15 is 0 Å². The second kappa shape index (κ2) is 6.70. The Hall–Kier alpha value is -1.25. The lowest BCUT2D eigenvalue weighted by atomic mass is 9.79. The molecule has 0 bridgehead atoms. The molecule has 122 valence electrons. The molecule has 2 aromatic rings. The maximum absolute atomic E-state index is 6.14. The molecule has 0 saturated heterocycles. The highest BCUT2D eigenvalue weighted by Crippen LogP contribution is 2.35. The van der Waals surface area contributed by atoms with Crippen molar-refractivity contribution in [2.75, 3.05) is 5.32 Å². The molecule has 23 heavy (non-hydrogen) atoms. The molecule has 0 saturated carbocycles. The third kappa shape index (κ3) is 3.64. The van der Waals surface area contributed by atoms with Crippen molar-refractivity contribution in [3.8, 4) is 0 Å². The van der Waals surface area contributed by atoms with E-state index in [2.05, 4.69) is 32.2 Å². The van der Waals surface area contributed by atoms with Crippen LogP contribution in [0.25, 0.3) is 0 Å². The first-order chi connectivity index (χ1) is 10.9. The fourth-order valence-corrected chi connectivity index (χ4v) is 3.59. The topological polar surface area (TPSA) is 24.9 Å². The van der Waals surface area contributed by atoms with Crippen molar-refractivity contribution >= 4 is 34.6 Å². The zero-order chi connectivity index (χ0) is 16.6. The summed E-state index contributed by atoms with van der Waals surface area (Å²) in [5.74, 6) is 1.42. The van der Waals surface area contributed by atoms with Crippen molar-refractivity contribution in [1.82, 2.24) is 4.98 Å². The van der Waals surface area contributed by atoms with Gasteiger partial charge in [0.05, 0.1) is 10.0 Å². The van der Waals surface area contributed by atoms with Crippen LogP contribution in [0, 0.1) is 18.8 Å². The molecule has 4 heteroatoms. The molecule has 0 fully saturated rings. The Kier molecular flexibility index (Phi) is 4.84. The van der Waals surface area contributed by atoms with Crippen LogP contribution in [0.5, 0.6) is 0 Å². The van der Waals surface area contributed by atoms with E-state index in [4.69, 9.17) is 28.2 Å². The van der Waals surface area contributed by atoms with E-state index in [-0.39, 0.29) is 0 Å². The van der Waals surface area contributed by atoms with E-state index in [1.165, 1.54) is 17.7 Å². The molecular weight excluding hydrogens is 327 g/mol. The fraction of sp³-hybridized carbons (Fsp3) is 0.421. The number of halogens is 2. The maximum atomic E-state index is 6.14. The molecule has 1 unspecified atom stereocenters. The molecule has 0 radical (unpaired) electrons. The number of nitrogens with zero attached hydrogens (tertiary/aromatic N) is 1. The molecule has 1 aromatic carbocycles. The molecule has 0 amide bonds. The van der Waals surface area contributed by atoms with Crippen LogP contribution in [0.2, 0.25) is 10.0 Å². The smallest absolute Gasteiger partial charge is 0.0612 e. The van der Waals surface area contributed by atoms with E-state index in [0.29, 0.717) is 16.0 Å². The molecule has 3 rings (SSSR count). The van der Waals surface area contributed by atoms with Gasteiger partial charge in [-0.15, -0.1) is 0 Å². The van der Waals surface area contributed by atoms with Crippen LogP contribution in [0.1, 0.15) is 37.2 Å². The Balaban J connectivity index is 1.95. The van der Waals surface area contributed by atoms with E-state index in [9.17, 15) is 0 Å². The van der Waals surface area contributed by atoms with Crippen LogP contribution in [0.15, 0.2) is 24.3 Å². The summed E-state index contributed by atoms with van der Waals surface area (Å²) in [4.78, 5) is 4.75. The summed E-state index contributed by atoms with van der Waals surface area (Å²) in [6.07, 6.45) is 3.38. The second-order valence-electron chi connectivity index (χ2n) is 6.74. The van der Waals surface area contributed by atoms with Crippen LogP contribution in [0.3, 0.4) is 0 Å². The number of pyridine rings is 1. The van der Waals surface area contributed by atoms with E-state index < -0.39 is 0 Å². The Morgan fingerprint density at radius 2 is 1.96 bits per heavy atom. The first-order valence-corrected chi connectivity index (χ1v) is 8.91. The van der Waals surface area contributed by atoms with Crippen LogP contribution < -0.4 is 5.32 Å². The van der Waals surface area contributed by atoms with E-state index in [0.717, 1.165) is 35.8 Å². The molecular formula is C19H22Cl2N2. The number of hydrogen-bond acceptors (Lipinski definition) is 2. The van der Waals surface area contributed by atoms with Gasteiger partial charge >= 0.3 is 0 Å². The molecule has 2 nitrogen and oxygen atoms in total. The number of aromatic nitrogens is 1. The molecule has 0 aliphatic heterocycles. The third-order valence-electron chi connectivity index (χ3n) is 4.70. The number of aryl methyl sites for hydroxylation is 2. The van der Waals surface area contributed by atoms with Crippen LogP contribution in [-0.2, 0) is 12.8 Å². The minimum atomic E-state index is 0.566. The van der Waals surface area contributed by atoms with Gasteiger partial charge in [0.15, 0.2) is 0 Å². The van der Waals surface area contributed by atoms with Gasteiger partial charge in [-0.1, -0.05) is 37.0 Å². The quantitative estimate of drug-likeness (QED) is 0.713. The van der Waals surface area contributed by atoms with Gasteiger partial charge in [-0.25, -0.2) is 0 Å². The molecule has 1 atom stereocenters. The van der Waals surface area contributed by atoms with Gasteiger partial charge in [0, 0.05) is 22.8 Å². The predicted octanol–water partition coefficient (Wildman–Crippen LogP) is 6.20. The lowest BCUT2D eigenvalue weighted by molar-refractivity contribution is 0.340. The van der Waals surface area contributed by atoms with Gasteiger partial charge < -0.3 is 5.32 Å². The zero-order valence-corrected chi connectivity index (χ0v) is 15.3. The first-order valence-electron chi connectivity index (χ1n) is 8.15. The largest absolute Gasteiger partial charge is 0.355 e. The number of benzene rings is 1. The normalized spacial score (nSPS) is 17.2. The summed E-state index contributed by atoms with van der Waals surface area (Å²) in [7, 11) is 0. The summed E-state index contributed by atoms with van der Waals surface area (Å²) in [6.45, 7) is 6.67. The minimum absolute atomic E-state index is 0.566. The van der Waals surface area contributed by atoms with Gasteiger partial charge in [-0.3, -0.25) is 4.98 Å². The van der Waals surface area contributed by atoms with Crippen molar-refractivity contribution in [1.29, 1.82) is 0 Å². The summed E-state index contributed by atoms with van der Waals surface area (Å²) >= 11 is 12.1. The standard InChI is InChI=1S/C19H22Cl2N2/c1-11(2)13-4-7-18-15(9-13)19(8-12(3)22-18)23-14-5-6-16(20)17(21)10-14/h5-6,8,10-11,13H,4,7,9H2,1-3H3,(H,22,23). The maximum Gasteiger partial charge on any atom is 0.0612 e. The van der Waals surface area contributed by atoms with Gasteiger partial charge in [0.1, 0.15) is 0 Å². The molecule has 0 spiro atoms. The molecule has 1 aromatic heterocycles. The molecule has 1 aliphatic carbocycles. The number of rotatable bonds is 3. The van der Waals surface area contributed by atoms with E-state index in [1.807, 2.05) is 18.2 Å². The average Bonchev–Trinajstić information content (AvgIpc) is 2.50. The third-order valence-corrected chi connectivity index (χ3v) is 5.44. The molecule has 1 heterocycles.